The highest BCUT2D eigenvalue weighted by Gasteiger charge is 2.23. The summed E-state index contributed by atoms with van der Waals surface area (Å²) in [6.07, 6.45) is 4.84. The summed E-state index contributed by atoms with van der Waals surface area (Å²) >= 11 is 6.32. The summed E-state index contributed by atoms with van der Waals surface area (Å²) in [4.78, 5) is 17.8. The summed E-state index contributed by atoms with van der Waals surface area (Å²) in [6.45, 7) is 5.97. The van der Waals surface area contributed by atoms with Gasteiger partial charge in [-0.05, 0) is 55.7 Å². The van der Waals surface area contributed by atoms with Gasteiger partial charge in [-0.15, -0.1) is 0 Å². The van der Waals surface area contributed by atoms with Crippen molar-refractivity contribution in [2.24, 2.45) is 7.05 Å². The van der Waals surface area contributed by atoms with E-state index in [1.54, 1.807) is 6.07 Å². The summed E-state index contributed by atoms with van der Waals surface area (Å²) in [5.74, 6) is 1.21. The van der Waals surface area contributed by atoms with Gasteiger partial charge in [0.1, 0.15) is 5.76 Å². The number of anilines is 2. The molecule has 2 aliphatic rings. The second kappa shape index (κ2) is 10.8. The van der Waals surface area contributed by atoms with E-state index in [1.807, 2.05) is 42.2 Å². The molecule has 0 atom stereocenters. The number of benzene rings is 1. The molecule has 9 heteroatoms. The number of nitrogens with one attached hydrogen (secondary N) is 1. The molecule has 0 unspecified atom stereocenters. The van der Waals surface area contributed by atoms with Crippen LogP contribution in [0.2, 0.25) is 5.02 Å². The fourth-order valence-electron chi connectivity index (χ4n) is 4.89. The number of hydrogen-bond acceptors (Lipinski definition) is 6. The van der Waals surface area contributed by atoms with Gasteiger partial charge in [-0.25, -0.2) is 0 Å². The Hall–Kier alpha value is -2.81. The molecule has 4 heterocycles. The van der Waals surface area contributed by atoms with E-state index in [0.29, 0.717) is 22.4 Å². The molecule has 0 saturated carbocycles. The molecule has 2 fully saturated rings. The third kappa shape index (κ3) is 5.89. The third-order valence-corrected chi connectivity index (χ3v) is 7.00. The second-order valence-electron chi connectivity index (χ2n) is 9.30. The Morgan fingerprint density at radius 3 is 2.77 bits per heavy atom. The monoisotopic (exact) mass is 497 g/mol. The highest BCUT2D eigenvalue weighted by molar-refractivity contribution is 6.31. The van der Waals surface area contributed by atoms with E-state index >= 15 is 0 Å². The number of carbonyl (C=O) groups excluding carboxylic acids is 1. The zero-order valence-electron chi connectivity index (χ0n) is 20.1. The summed E-state index contributed by atoms with van der Waals surface area (Å²) in [5.41, 5.74) is 2.75. The molecular formula is C26H32ClN5O3. The molecule has 1 N–H and O–H groups in total. The highest BCUT2D eigenvalue weighted by atomic mass is 35.5. The zero-order chi connectivity index (χ0) is 24.2. The summed E-state index contributed by atoms with van der Waals surface area (Å²) in [6, 6.07) is 11.4. The molecule has 35 heavy (non-hydrogen) atoms. The maximum absolute atomic E-state index is 13.1. The number of aromatic nitrogens is 2. The maximum Gasteiger partial charge on any atom is 0.291 e. The molecule has 0 radical (unpaired) electrons. The molecule has 5 rings (SSSR count). The normalized spacial score (nSPS) is 17.9. The predicted molar refractivity (Wildman–Crippen MR) is 136 cm³/mol. The zero-order valence-corrected chi connectivity index (χ0v) is 20.8. The minimum Gasteiger partial charge on any atom is -0.456 e. The van der Waals surface area contributed by atoms with Gasteiger partial charge in [0.15, 0.2) is 5.76 Å². The molecule has 0 aliphatic carbocycles. The van der Waals surface area contributed by atoms with Gasteiger partial charge >= 0.3 is 0 Å². The first kappa shape index (κ1) is 23.9. The molecule has 1 amide bonds. The van der Waals surface area contributed by atoms with Crippen molar-refractivity contribution in [1.82, 2.24) is 14.7 Å². The fraction of sp³-hybridized carbons (Fsp3) is 0.462. The number of rotatable bonds is 6. The highest BCUT2D eigenvalue weighted by Crippen LogP contribution is 2.32. The van der Waals surface area contributed by atoms with Crippen LogP contribution in [0.4, 0.5) is 11.4 Å². The Morgan fingerprint density at radius 2 is 1.97 bits per heavy atom. The molecule has 2 aromatic heterocycles. The van der Waals surface area contributed by atoms with Crippen molar-refractivity contribution in [3.63, 3.8) is 0 Å². The Labute approximate surface area is 210 Å². The third-order valence-electron chi connectivity index (χ3n) is 6.76. The van der Waals surface area contributed by atoms with Gasteiger partial charge < -0.3 is 19.4 Å². The Bertz CT molecular complexity index is 1150. The first-order chi connectivity index (χ1) is 17.0. The molecule has 8 nitrogen and oxygen atoms in total. The lowest BCUT2D eigenvalue weighted by Crippen LogP contribution is -2.31. The molecule has 0 spiro atoms. The number of ether oxygens (including phenoxy) is 1. The van der Waals surface area contributed by atoms with Crippen molar-refractivity contribution in [3.05, 3.63) is 64.8 Å². The van der Waals surface area contributed by atoms with Crippen molar-refractivity contribution in [1.29, 1.82) is 0 Å². The number of halogens is 1. The number of carbonyl (C=O) groups is 1. The van der Waals surface area contributed by atoms with Crippen LogP contribution in [0, 0.1) is 0 Å². The topological polar surface area (TPSA) is 75.8 Å². The summed E-state index contributed by atoms with van der Waals surface area (Å²) in [7, 11) is 1.94. The second-order valence-corrected chi connectivity index (χ2v) is 9.74. The minimum absolute atomic E-state index is 0.265. The molecule has 2 aliphatic heterocycles. The van der Waals surface area contributed by atoms with E-state index in [-0.39, 0.29) is 5.91 Å². The first-order valence-electron chi connectivity index (χ1n) is 12.3. The van der Waals surface area contributed by atoms with Crippen LogP contribution in [0.15, 0.2) is 47.0 Å². The molecular weight excluding hydrogens is 466 g/mol. The lowest BCUT2D eigenvalue weighted by atomic mass is 9.98. The predicted octanol–water partition coefficient (Wildman–Crippen LogP) is 4.53. The number of amides is 1. The van der Waals surface area contributed by atoms with Gasteiger partial charge in [-0.1, -0.05) is 11.6 Å². The first-order valence-corrected chi connectivity index (χ1v) is 12.7. The van der Waals surface area contributed by atoms with Gasteiger partial charge in [0, 0.05) is 70.1 Å². The van der Waals surface area contributed by atoms with Gasteiger partial charge in [-0.3, -0.25) is 14.4 Å². The molecule has 3 aromatic rings. The van der Waals surface area contributed by atoms with E-state index in [1.165, 1.54) is 0 Å². The number of furan rings is 1. The summed E-state index contributed by atoms with van der Waals surface area (Å²) in [5, 5.41) is 8.14. The Kier molecular flexibility index (Phi) is 7.41. The number of hydrogen-bond donors (Lipinski definition) is 1. The van der Waals surface area contributed by atoms with Crippen LogP contribution in [0.25, 0.3) is 0 Å². The van der Waals surface area contributed by atoms with Crippen LogP contribution < -0.4 is 10.2 Å². The smallest absolute Gasteiger partial charge is 0.291 e. The quantitative estimate of drug-likeness (QED) is 0.539. The van der Waals surface area contributed by atoms with Crippen LogP contribution in [-0.4, -0.2) is 60.0 Å². The average Bonchev–Trinajstić information content (AvgIpc) is 3.45. The number of nitrogens with zero attached hydrogens (tertiary/aromatic N) is 4. The minimum atomic E-state index is -0.265. The van der Waals surface area contributed by atoms with E-state index in [9.17, 15) is 4.79 Å². The van der Waals surface area contributed by atoms with E-state index in [0.717, 1.165) is 82.3 Å². The van der Waals surface area contributed by atoms with Crippen LogP contribution in [0.3, 0.4) is 0 Å². The summed E-state index contributed by atoms with van der Waals surface area (Å²) < 4.78 is 13.2. The lowest BCUT2D eigenvalue weighted by Gasteiger charge is -2.26. The maximum atomic E-state index is 13.1. The Morgan fingerprint density at radius 1 is 1.11 bits per heavy atom. The number of aryl methyl sites for hydroxylation is 1. The van der Waals surface area contributed by atoms with E-state index < -0.39 is 0 Å². The Balaban J connectivity index is 1.26. The largest absolute Gasteiger partial charge is 0.456 e. The van der Waals surface area contributed by atoms with Crippen LogP contribution in [0.5, 0.6) is 0 Å². The van der Waals surface area contributed by atoms with E-state index in [2.05, 4.69) is 26.3 Å². The van der Waals surface area contributed by atoms with Gasteiger partial charge in [0.2, 0.25) is 0 Å². The van der Waals surface area contributed by atoms with Crippen molar-refractivity contribution in [3.8, 4) is 0 Å². The van der Waals surface area contributed by atoms with Crippen LogP contribution >= 0.6 is 11.6 Å². The van der Waals surface area contributed by atoms with Crippen molar-refractivity contribution in [2.45, 2.75) is 31.7 Å². The molecule has 1 aromatic carbocycles. The van der Waals surface area contributed by atoms with Crippen molar-refractivity contribution in [2.75, 3.05) is 49.6 Å². The van der Waals surface area contributed by atoms with Crippen LogP contribution in [-0.2, 0) is 18.3 Å². The molecule has 186 valence electrons. The molecule has 2 saturated heterocycles. The standard InChI is InChI=1S/C26H32ClN5O3/c1-30-12-7-21(29-30)18-31-10-2-11-32(14-13-31)23-4-3-20(27)17-22(23)28-26(33)25-6-5-24(35-25)19-8-15-34-16-9-19/h3-7,12,17,19H,2,8-11,13-16,18H2,1H3,(H,28,33). The van der Waals surface area contributed by atoms with Gasteiger partial charge in [-0.2, -0.15) is 5.10 Å². The van der Waals surface area contributed by atoms with Crippen molar-refractivity contribution >= 4 is 28.9 Å². The van der Waals surface area contributed by atoms with Gasteiger partial charge in [0.25, 0.3) is 5.91 Å². The lowest BCUT2D eigenvalue weighted by molar-refractivity contribution is 0.0799. The average molecular weight is 498 g/mol. The SMILES string of the molecule is Cn1ccc(CN2CCCN(c3ccc(Cl)cc3NC(=O)c3ccc(C4CCOCC4)o3)CC2)n1. The molecule has 0 bridgehead atoms. The van der Waals surface area contributed by atoms with E-state index in [4.69, 9.17) is 20.8 Å². The fourth-order valence-corrected chi connectivity index (χ4v) is 5.06. The van der Waals surface area contributed by atoms with Gasteiger partial charge in [0.05, 0.1) is 17.1 Å². The van der Waals surface area contributed by atoms with Crippen LogP contribution in [0.1, 0.15) is 47.2 Å². The van der Waals surface area contributed by atoms with Crippen molar-refractivity contribution < 1.29 is 13.9 Å².